The SMILES string of the molecule is CCN(C)C1Cc2c[nH]c3ccc(Br)c(c23)C1.O=C(O)C(O)C(O)C(=O)O. The van der Waals surface area contributed by atoms with Gasteiger partial charge in [0.05, 0.1) is 0 Å². The Bertz CT molecular complexity index is 819. The van der Waals surface area contributed by atoms with E-state index in [-0.39, 0.29) is 0 Å². The first kappa shape index (κ1) is 21.4. The van der Waals surface area contributed by atoms with Crippen molar-refractivity contribution in [1.82, 2.24) is 9.88 Å². The highest BCUT2D eigenvalue weighted by Gasteiger charge is 2.29. The predicted octanol–water partition coefficient (Wildman–Crippen LogP) is 1.23. The molecule has 1 aromatic carbocycles. The number of aromatic amines is 1. The van der Waals surface area contributed by atoms with Crippen molar-refractivity contribution in [1.29, 1.82) is 0 Å². The van der Waals surface area contributed by atoms with E-state index in [2.05, 4.69) is 58.1 Å². The second kappa shape index (κ2) is 8.83. The number of carboxylic acids is 2. The Morgan fingerprint density at radius 2 is 1.81 bits per heavy atom. The molecule has 0 fully saturated rings. The van der Waals surface area contributed by atoms with Gasteiger partial charge in [-0.15, -0.1) is 0 Å². The molecule has 5 N–H and O–H groups in total. The normalized spacial score (nSPS) is 17.9. The minimum atomic E-state index is -2.27. The number of benzene rings is 1. The Morgan fingerprint density at radius 1 is 1.22 bits per heavy atom. The molecule has 3 atom stereocenters. The molecule has 1 aliphatic carbocycles. The molecule has 3 rings (SSSR count). The van der Waals surface area contributed by atoms with Crippen LogP contribution in [0.25, 0.3) is 10.9 Å². The van der Waals surface area contributed by atoms with Gasteiger partial charge in [0.1, 0.15) is 0 Å². The molecule has 0 spiro atoms. The first-order valence-corrected chi connectivity index (χ1v) is 9.25. The molecule has 2 aromatic rings. The van der Waals surface area contributed by atoms with Crippen LogP contribution in [0.5, 0.6) is 0 Å². The van der Waals surface area contributed by atoms with Crippen molar-refractivity contribution in [2.24, 2.45) is 0 Å². The van der Waals surface area contributed by atoms with Gasteiger partial charge < -0.3 is 30.3 Å². The monoisotopic (exact) mass is 442 g/mol. The lowest BCUT2D eigenvalue weighted by Gasteiger charge is -2.31. The molecule has 3 unspecified atom stereocenters. The van der Waals surface area contributed by atoms with Gasteiger partial charge in [0, 0.05) is 27.6 Å². The molecule has 9 heteroatoms. The van der Waals surface area contributed by atoms with E-state index < -0.39 is 24.1 Å². The summed E-state index contributed by atoms with van der Waals surface area (Å²) in [7, 11) is 2.22. The van der Waals surface area contributed by atoms with Crippen LogP contribution in [0.1, 0.15) is 18.1 Å². The average Bonchev–Trinajstić information content (AvgIpc) is 3.06. The van der Waals surface area contributed by atoms with Crippen LogP contribution in [0.15, 0.2) is 22.8 Å². The number of nitrogens with one attached hydrogen (secondary N) is 1. The summed E-state index contributed by atoms with van der Waals surface area (Å²) in [5.41, 5.74) is 4.21. The maximum Gasteiger partial charge on any atom is 0.335 e. The van der Waals surface area contributed by atoms with E-state index in [9.17, 15) is 9.59 Å². The van der Waals surface area contributed by atoms with Gasteiger partial charge in [-0.2, -0.15) is 0 Å². The third-order valence-corrected chi connectivity index (χ3v) is 5.54. The second-order valence-corrected chi connectivity index (χ2v) is 7.32. The molecule has 1 aliphatic rings. The Kier molecular flexibility index (Phi) is 6.99. The number of carboxylic acid groups (broad SMARTS) is 2. The van der Waals surface area contributed by atoms with E-state index >= 15 is 0 Å². The number of halogens is 1. The summed E-state index contributed by atoms with van der Waals surface area (Å²) in [4.78, 5) is 25.4. The Morgan fingerprint density at radius 3 is 2.33 bits per heavy atom. The van der Waals surface area contributed by atoms with Gasteiger partial charge in [-0.3, -0.25) is 0 Å². The molecule has 8 nitrogen and oxygen atoms in total. The lowest BCUT2D eigenvalue weighted by molar-refractivity contribution is -0.165. The Hall–Kier alpha value is -1.94. The molecule has 0 aliphatic heterocycles. The van der Waals surface area contributed by atoms with E-state index in [1.165, 1.54) is 26.5 Å². The number of hydrogen-bond acceptors (Lipinski definition) is 5. The second-order valence-electron chi connectivity index (χ2n) is 6.46. The summed E-state index contributed by atoms with van der Waals surface area (Å²) in [6.45, 7) is 3.33. The van der Waals surface area contributed by atoms with Crippen LogP contribution < -0.4 is 0 Å². The fraction of sp³-hybridized carbons (Fsp3) is 0.444. The minimum absolute atomic E-state index is 0.630. The highest BCUT2D eigenvalue weighted by Crippen LogP contribution is 2.35. The van der Waals surface area contributed by atoms with Crippen molar-refractivity contribution in [2.45, 2.75) is 38.0 Å². The molecule has 0 saturated heterocycles. The van der Waals surface area contributed by atoms with Crippen molar-refractivity contribution in [2.75, 3.05) is 13.6 Å². The van der Waals surface area contributed by atoms with Crippen LogP contribution in [0.4, 0.5) is 0 Å². The number of likely N-dealkylation sites (N-methyl/N-ethyl adjacent to an activating group) is 1. The summed E-state index contributed by atoms with van der Waals surface area (Å²) < 4.78 is 1.25. The molecule has 0 amide bonds. The highest BCUT2D eigenvalue weighted by molar-refractivity contribution is 9.10. The fourth-order valence-corrected chi connectivity index (χ4v) is 3.60. The number of H-pyrrole nitrogens is 1. The molecule has 1 aromatic heterocycles. The average molecular weight is 443 g/mol. The van der Waals surface area contributed by atoms with Crippen LogP contribution in [0, 0.1) is 0 Å². The highest BCUT2D eigenvalue weighted by atomic mass is 79.9. The number of aromatic nitrogens is 1. The first-order chi connectivity index (χ1) is 12.7. The van der Waals surface area contributed by atoms with E-state index in [1.54, 1.807) is 0 Å². The van der Waals surface area contributed by atoms with Crippen molar-refractivity contribution < 1.29 is 30.0 Å². The lowest BCUT2D eigenvalue weighted by Crippen LogP contribution is -2.39. The number of aliphatic hydroxyl groups is 2. The maximum atomic E-state index is 9.77. The standard InChI is InChI=1S/C14H17BrN2.C4H6O6/c1-3-17(2)10-6-9-8-16-13-5-4-12(15)11(7-10)14(9)13;5-1(3(7)8)2(6)4(9)10/h4-5,8,10,16H,3,6-7H2,1-2H3;1-2,5-6H,(H,7,8)(H,9,10). The van der Waals surface area contributed by atoms with Crippen molar-refractivity contribution >= 4 is 38.8 Å². The van der Waals surface area contributed by atoms with Crippen molar-refractivity contribution in [3.05, 3.63) is 33.9 Å². The first-order valence-electron chi connectivity index (χ1n) is 8.46. The van der Waals surface area contributed by atoms with Crippen LogP contribution in [0.2, 0.25) is 0 Å². The smallest absolute Gasteiger partial charge is 0.335 e. The molecule has 27 heavy (non-hydrogen) atoms. The number of nitrogens with zero attached hydrogens (tertiary/aromatic N) is 1. The molecule has 0 radical (unpaired) electrons. The van der Waals surface area contributed by atoms with Gasteiger partial charge in [0.2, 0.25) is 0 Å². The van der Waals surface area contributed by atoms with Gasteiger partial charge in [-0.25, -0.2) is 9.59 Å². The molecule has 148 valence electrons. The maximum absolute atomic E-state index is 9.77. The predicted molar refractivity (Wildman–Crippen MR) is 103 cm³/mol. The van der Waals surface area contributed by atoms with Crippen molar-refractivity contribution in [3.8, 4) is 0 Å². The molecular weight excluding hydrogens is 420 g/mol. The number of rotatable bonds is 5. The zero-order chi connectivity index (χ0) is 20.3. The molecular formula is C18H23BrN2O6. The van der Waals surface area contributed by atoms with E-state index in [1.807, 2.05) is 0 Å². The molecule has 0 saturated carbocycles. The summed E-state index contributed by atoms with van der Waals surface area (Å²) in [5.74, 6) is -3.54. The number of aliphatic carboxylic acids is 2. The van der Waals surface area contributed by atoms with E-state index in [0.29, 0.717) is 6.04 Å². The fourth-order valence-electron chi connectivity index (χ4n) is 3.11. The van der Waals surface area contributed by atoms with Gasteiger partial charge >= 0.3 is 11.9 Å². The quantitative estimate of drug-likeness (QED) is 0.469. The Balaban J connectivity index is 0.000000227. The summed E-state index contributed by atoms with van der Waals surface area (Å²) in [5, 5.41) is 34.0. The number of carbonyl (C=O) groups is 2. The van der Waals surface area contributed by atoms with Crippen molar-refractivity contribution in [3.63, 3.8) is 0 Å². The molecule has 0 bridgehead atoms. The Labute approximate surface area is 164 Å². The third-order valence-electron chi connectivity index (χ3n) is 4.80. The van der Waals surface area contributed by atoms with Gasteiger partial charge in [0.25, 0.3) is 0 Å². The van der Waals surface area contributed by atoms with Gasteiger partial charge in [-0.1, -0.05) is 22.9 Å². The van der Waals surface area contributed by atoms with Gasteiger partial charge in [-0.05, 0) is 49.7 Å². The van der Waals surface area contributed by atoms with Crippen LogP contribution in [-0.4, -0.2) is 74.1 Å². The number of aliphatic hydroxyl groups excluding tert-OH is 2. The van der Waals surface area contributed by atoms with E-state index in [0.717, 1.165) is 19.4 Å². The van der Waals surface area contributed by atoms with Crippen LogP contribution in [-0.2, 0) is 22.4 Å². The van der Waals surface area contributed by atoms with E-state index in [4.69, 9.17) is 20.4 Å². The zero-order valence-electron chi connectivity index (χ0n) is 15.0. The molecule has 1 heterocycles. The third kappa shape index (κ3) is 4.67. The van der Waals surface area contributed by atoms with Crippen LogP contribution >= 0.6 is 15.9 Å². The largest absolute Gasteiger partial charge is 0.479 e. The summed E-state index contributed by atoms with van der Waals surface area (Å²) in [6.07, 6.45) is -0.0491. The summed E-state index contributed by atoms with van der Waals surface area (Å²) in [6, 6.07) is 4.95. The van der Waals surface area contributed by atoms with Gasteiger partial charge in [0.15, 0.2) is 12.2 Å². The van der Waals surface area contributed by atoms with Crippen LogP contribution in [0.3, 0.4) is 0 Å². The zero-order valence-corrected chi connectivity index (χ0v) is 16.6. The minimum Gasteiger partial charge on any atom is -0.479 e. The topological polar surface area (TPSA) is 134 Å². The lowest BCUT2D eigenvalue weighted by atomic mass is 9.88. The number of hydrogen-bond donors (Lipinski definition) is 5. The summed E-state index contributed by atoms with van der Waals surface area (Å²) >= 11 is 3.70.